The number of carbonyl (C=O) groups excluding carboxylic acids is 1. The molecule has 0 atom stereocenters. The second-order valence-electron chi connectivity index (χ2n) is 5.49. The Bertz CT molecular complexity index is 774. The molecular formula is C18H22N2O3S. The van der Waals surface area contributed by atoms with Crippen LogP contribution in [0.5, 0.6) is 0 Å². The molecule has 0 heterocycles. The molecule has 0 saturated carbocycles. The monoisotopic (exact) mass is 346 g/mol. The van der Waals surface area contributed by atoms with Crippen molar-refractivity contribution < 1.29 is 13.2 Å². The molecule has 2 aromatic carbocycles. The lowest BCUT2D eigenvalue weighted by Crippen LogP contribution is -2.26. The molecule has 0 unspecified atom stereocenters. The summed E-state index contributed by atoms with van der Waals surface area (Å²) < 4.78 is 24.8. The normalized spacial score (nSPS) is 11.2. The van der Waals surface area contributed by atoms with Crippen LogP contribution in [0.1, 0.15) is 22.3 Å². The van der Waals surface area contributed by atoms with Crippen molar-refractivity contribution in [2.24, 2.45) is 0 Å². The Hall–Kier alpha value is -2.18. The maximum Gasteiger partial charge on any atom is 0.251 e. The zero-order valence-corrected chi connectivity index (χ0v) is 14.5. The number of carbonyl (C=O) groups is 1. The lowest BCUT2D eigenvalue weighted by Gasteiger charge is -2.08. The van der Waals surface area contributed by atoms with Crippen LogP contribution in [0.2, 0.25) is 0 Å². The highest BCUT2D eigenvalue weighted by Gasteiger charge is 2.15. The minimum Gasteiger partial charge on any atom is -0.352 e. The van der Waals surface area contributed by atoms with Crippen molar-refractivity contribution in [3.8, 4) is 0 Å². The molecule has 6 heteroatoms. The van der Waals surface area contributed by atoms with Crippen molar-refractivity contribution in [1.29, 1.82) is 0 Å². The molecule has 0 spiro atoms. The van der Waals surface area contributed by atoms with E-state index in [2.05, 4.69) is 10.6 Å². The summed E-state index contributed by atoms with van der Waals surface area (Å²) >= 11 is 0. The summed E-state index contributed by atoms with van der Waals surface area (Å²) in [4.78, 5) is 12.4. The van der Waals surface area contributed by atoms with Gasteiger partial charge in [0.15, 0.2) is 9.84 Å². The molecule has 0 bridgehead atoms. The van der Waals surface area contributed by atoms with Gasteiger partial charge in [0.2, 0.25) is 0 Å². The molecule has 2 rings (SSSR count). The van der Waals surface area contributed by atoms with Gasteiger partial charge in [0.05, 0.1) is 10.6 Å². The quantitative estimate of drug-likeness (QED) is 0.717. The van der Waals surface area contributed by atoms with Crippen LogP contribution < -0.4 is 10.6 Å². The van der Waals surface area contributed by atoms with Gasteiger partial charge in [-0.1, -0.05) is 30.3 Å². The summed E-state index contributed by atoms with van der Waals surface area (Å²) in [5.74, 6) is -0.317. The molecule has 5 nitrogen and oxygen atoms in total. The number of sulfone groups is 1. The highest BCUT2D eigenvalue weighted by molar-refractivity contribution is 7.90. The van der Waals surface area contributed by atoms with Crippen molar-refractivity contribution in [3.05, 3.63) is 65.7 Å². The third kappa shape index (κ3) is 5.18. The standard InChI is InChI=1S/C18H22N2O3S/c1-19-11-6-12-20-18(21)16-8-5-7-15(13-16)14-24(22,23)17-9-3-2-4-10-17/h2-5,7-10,13,19H,6,11-12,14H2,1H3,(H,20,21). The van der Waals surface area contributed by atoms with Crippen LogP contribution >= 0.6 is 0 Å². The zero-order valence-electron chi connectivity index (χ0n) is 13.7. The predicted octanol–water partition coefficient (Wildman–Crippen LogP) is 2.00. The minimum absolute atomic E-state index is 0.127. The van der Waals surface area contributed by atoms with Gasteiger partial charge < -0.3 is 10.6 Å². The van der Waals surface area contributed by atoms with E-state index in [1.54, 1.807) is 54.6 Å². The summed E-state index contributed by atoms with van der Waals surface area (Å²) in [6.07, 6.45) is 0.838. The Labute approximate surface area is 143 Å². The summed E-state index contributed by atoms with van der Waals surface area (Å²) in [5.41, 5.74) is 1.07. The van der Waals surface area contributed by atoms with Crippen molar-refractivity contribution in [1.82, 2.24) is 10.6 Å². The Morgan fingerprint density at radius 1 is 1.00 bits per heavy atom. The van der Waals surface area contributed by atoms with Crippen LogP contribution in [-0.4, -0.2) is 34.5 Å². The summed E-state index contributed by atoms with van der Waals surface area (Å²) in [5, 5.41) is 5.84. The molecule has 0 saturated heterocycles. The number of amides is 1. The van der Waals surface area contributed by atoms with Gasteiger partial charge >= 0.3 is 0 Å². The van der Waals surface area contributed by atoms with Crippen LogP contribution in [-0.2, 0) is 15.6 Å². The maximum atomic E-state index is 12.4. The first-order valence-electron chi connectivity index (χ1n) is 7.82. The van der Waals surface area contributed by atoms with Crippen LogP contribution in [0.4, 0.5) is 0 Å². The zero-order chi connectivity index (χ0) is 17.4. The minimum atomic E-state index is -3.42. The molecule has 128 valence electrons. The number of rotatable bonds is 8. The van der Waals surface area contributed by atoms with Crippen LogP contribution in [0.25, 0.3) is 0 Å². The fourth-order valence-electron chi connectivity index (χ4n) is 2.30. The average molecular weight is 346 g/mol. The maximum absolute atomic E-state index is 12.4. The van der Waals surface area contributed by atoms with E-state index in [9.17, 15) is 13.2 Å². The molecule has 0 aliphatic carbocycles. The van der Waals surface area contributed by atoms with Gasteiger partial charge in [0.25, 0.3) is 5.91 Å². The molecule has 24 heavy (non-hydrogen) atoms. The Balaban J connectivity index is 2.06. The van der Waals surface area contributed by atoms with E-state index >= 15 is 0 Å². The molecule has 0 fully saturated rings. The highest BCUT2D eigenvalue weighted by atomic mass is 32.2. The Morgan fingerprint density at radius 2 is 1.75 bits per heavy atom. The van der Waals surface area contributed by atoms with E-state index in [1.165, 1.54) is 0 Å². The highest BCUT2D eigenvalue weighted by Crippen LogP contribution is 2.17. The molecule has 0 aromatic heterocycles. The second kappa shape index (κ2) is 8.61. The molecule has 1 amide bonds. The van der Waals surface area contributed by atoms with E-state index in [1.807, 2.05) is 7.05 Å². The summed E-state index contributed by atoms with van der Waals surface area (Å²) in [7, 11) is -1.56. The van der Waals surface area contributed by atoms with Crippen molar-refractivity contribution in [2.45, 2.75) is 17.1 Å². The third-order valence-electron chi connectivity index (χ3n) is 3.54. The van der Waals surface area contributed by atoms with Crippen molar-refractivity contribution in [3.63, 3.8) is 0 Å². The summed E-state index contributed by atoms with van der Waals surface area (Å²) in [6, 6.07) is 15.1. The molecular weight excluding hydrogens is 324 g/mol. The first kappa shape index (κ1) is 18.2. The second-order valence-corrected chi connectivity index (χ2v) is 7.48. The van der Waals surface area contributed by atoms with Gasteiger partial charge in [-0.25, -0.2) is 8.42 Å². The topological polar surface area (TPSA) is 75.3 Å². The smallest absolute Gasteiger partial charge is 0.251 e. The molecule has 0 aliphatic heterocycles. The molecule has 0 radical (unpaired) electrons. The first-order valence-corrected chi connectivity index (χ1v) is 9.48. The number of benzene rings is 2. The van der Waals surface area contributed by atoms with Gasteiger partial charge in [0.1, 0.15) is 0 Å². The van der Waals surface area contributed by atoms with Crippen LogP contribution in [0, 0.1) is 0 Å². The number of nitrogens with one attached hydrogen (secondary N) is 2. The Kier molecular flexibility index (Phi) is 6.52. The van der Waals surface area contributed by atoms with Gasteiger partial charge in [-0.05, 0) is 49.8 Å². The van der Waals surface area contributed by atoms with Crippen molar-refractivity contribution in [2.75, 3.05) is 20.1 Å². The SMILES string of the molecule is CNCCCNC(=O)c1cccc(CS(=O)(=O)c2ccccc2)c1. The lowest BCUT2D eigenvalue weighted by atomic mass is 10.1. The van der Waals surface area contributed by atoms with E-state index in [0.717, 1.165) is 13.0 Å². The third-order valence-corrected chi connectivity index (χ3v) is 5.24. The van der Waals surface area contributed by atoms with Crippen molar-refractivity contribution >= 4 is 15.7 Å². The predicted molar refractivity (Wildman–Crippen MR) is 94.7 cm³/mol. The fraction of sp³-hybridized carbons (Fsp3) is 0.278. The van der Waals surface area contributed by atoms with E-state index < -0.39 is 9.84 Å². The summed E-state index contributed by atoms with van der Waals surface area (Å²) in [6.45, 7) is 1.40. The fourth-order valence-corrected chi connectivity index (χ4v) is 3.66. The largest absolute Gasteiger partial charge is 0.352 e. The lowest BCUT2D eigenvalue weighted by molar-refractivity contribution is 0.0953. The molecule has 0 aliphatic rings. The van der Waals surface area contributed by atoms with Gasteiger partial charge in [-0.3, -0.25) is 4.79 Å². The Morgan fingerprint density at radius 3 is 2.46 bits per heavy atom. The van der Waals surface area contributed by atoms with E-state index in [-0.39, 0.29) is 16.6 Å². The van der Waals surface area contributed by atoms with Gasteiger partial charge in [-0.2, -0.15) is 0 Å². The van der Waals surface area contributed by atoms with Gasteiger partial charge in [0, 0.05) is 12.1 Å². The molecule has 2 N–H and O–H groups in total. The number of hydrogen-bond donors (Lipinski definition) is 2. The average Bonchev–Trinajstić information content (AvgIpc) is 2.59. The van der Waals surface area contributed by atoms with Gasteiger partial charge in [-0.15, -0.1) is 0 Å². The molecule has 2 aromatic rings. The number of hydrogen-bond acceptors (Lipinski definition) is 4. The van der Waals surface area contributed by atoms with Crippen LogP contribution in [0.3, 0.4) is 0 Å². The van der Waals surface area contributed by atoms with E-state index in [4.69, 9.17) is 0 Å². The van der Waals surface area contributed by atoms with E-state index in [0.29, 0.717) is 17.7 Å². The first-order chi connectivity index (χ1) is 11.5. The van der Waals surface area contributed by atoms with Crippen LogP contribution in [0.15, 0.2) is 59.5 Å².